The molecule has 0 aliphatic carbocycles. The monoisotopic (exact) mass is 205 g/mol. The number of aryl methyl sites for hydroxylation is 1. The smallest absolute Gasteiger partial charge is 0.267 e. The molecule has 1 rings (SSSR count). The molecule has 5 heteroatoms. The third-order valence-corrected chi connectivity index (χ3v) is 1.81. The van der Waals surface area contributed by atoms with Gasteiger partial charge in [-0.15, -0.1) is 0 Å². The topological polar surface area (TPSA) is 30.0 Å². The van der Waals surface area contributed by atoms with Crippen LogP contribution in [0.5, 0.6) is 0 Å². The number of hydrogen-bond donors (Lipinski definition) is 0. The summed E-state index contributed by atoms with van der Waals surface area (Å²) in [7, 11) is 0. The van der Waals surface area contributed by atoms with Crippen molar-refractivity contribution in [1.29, 1.82) is 0 Å². The van der Waals surface area contributed by atoms with Crippen LogP contribution in [-0.4, -0.2) is 11.3 Å². The molecule has 0 bridgehead atoms. The van der Waals surface area contributed by atoms with Crippen molar-refractivity contribution in [2.24, 2.45) is 0 Å². The van der Waals surface area contributed by atoms with Crippen LogP contribution in [0.1, 0.15) is 28.0 Å². The summed E-state index contributed by atoms with van der Waals surface area (Å²) in [5.74, 6) is 0. The van der Waals surface area contributed by atoms with E-state index < -0.39 is 12.0 Å². The maximum Gasteiger partial charge on any atom is 0.267 e. The highest BCUT2D eigenvalue weighted by atomic mass is 35.5. The van der Waals surface area contributed by atoms with Crippen LogP contribution < -0.4 is 0 Å². The highest BCUT2D eigenvalue weighted by Crippen LogP contribution is 2.28. The summed E-state index contributed by atoms with van der Waals surface area (Å²) in [4.78, 5) is 14.0. The Morgan fingerprint density at radius 2 is 2.23 bits per heavy atom. The standard InChI is InChI=1S/C8H6ClF2NO/c1-4-2-5(3-13)6(8(10)11)7(9)12-4/h2-3,8H,1H3. The Kier molecular flexibility index (Phi) is 2.93. The van der Waals surface area contributed by atoms with Gasteiger partial charge in [-0.2, -0.15) is 0 Å². The van der Waals surface area contributed by atoms with Crippen LogP contribution in [0.25, 0.3) is 0 Å². The molecule has 1 aromatic heterocycles. The molecule has 1 aromatic rings. The Morgan fingerprint density at radius 1 is 1.62 bits per heavy atom. The third kappa shape index (κ3) is 2.01. The van der Waals surface area contributed by atoms with E-state index in [0.717, 1.165) is 0 Å². The fourth-order valence-electron chi connectivity index (χ4n) is 0.983. The SMILES string of the molecule is Cc1cc(C=O)c(C(F)F)c(Cl)n1. The van der Waals surface area contributed by atoms with Gasteiger partial charge in [0.25, 0.3) is 6.43 Å². The lowest BCUT2D eigenvalue weighted by atomic mass is 10.1. The Labute approximate surface area is 78.5 Å². The molecule has 0 saturated carbocycles. The van der Waals surface area contributed by atoms with Gasteiger partial charge in [0.15, 0.2) is 6.29 Å². The molecule has 0 unspecified atom stereocenters. The van der Waals surface area contributed by atoms with Crippen LogP contribution in [0, 0.1) is 6.92 Å². The van der Waals surface area contributed by atoms with Crippen molar-refractivity contribution in [3.05, 3.63) is 28.0 Å². The number of carbonyl (C=O) groups is 1. The first kappa shape index (κ1) is 10.1. The van der Waals surface area contributed by atoms with E-state index in [4.69, 9.17) is 11.6 Å². The molecule has 0 aliphatic heterocycles. The molecule has 1 heterocycles. The summed E-state index contributed by atoms with van der Waals surface area (Å²) in [6, 6.07) is 1.28. The number of nitrogens with zero attached hydrogens (tertiary/aromatic N) is 1. The average Bonchev–Trinajstić information content (AvgIpc) is 2.01. The average molecular weight is 206 g/mol. The van der Waals surface area contributed by atoms with E-state index in [1.165, 1.54) is 6.07 Å². The van der Waals surface area contributed by atoms with Crippen LogP contribution in [0.2, 0.25) is 5.15 Å². The molecule has 2 nitrogen and oxygen atoms in total. The van der Waals surface area contributed by atoms with Crippen LogP contribution in [0.15, 0.2) is 6.07 Å². The molecular formula is C8H6ClF2NO. The minimum atomic E-state index is -2.78. The predicted molar refractivity (Wildman–Crippen MR) is 44.3 cm³/mol. The second-order valence-electron chi connectivity index (χ2n) is 2.48. The molecule has 0 amide bonds. The summed E-state index contributed by atoms with van der Waals surface area (Å²) in [6.45, 7) is 1.58. The normalized spacial score (nSPS) is 10.5. The van der Waals surface area contributed by atoms with E-state index in [2.05, 4.69) is 4.98 Å². The summed E-state index contributed by atoms with van der Waals surface area (Å²) in [6.07, 6.45) is -2.43. The summed E-state index contributed by atoms with van der Waals surface area (Å²) in [5.41, 5.74) is -0.161. The molecule has 0 N–H and O–H groups in total. The van der Waals surface area contributed by atoms with Crippen molar-refractivity contribution in [3.63, 3.8) is 0 Å². The number of carbonyl (C=O) groups excluding carboxylic acids is 1. The molecule has 0 saturated heterocycles. The van der Waals surface area contributed by atoms with Crippen molar-refractivity contribution in [2.75, 3.05) is 0 Å². The van der Waals surface area contributed by atoms with Gasteiger partial charge in [0.1, 0.15) is 5.15 Å². The summed E-state index contributed by atoms with van der Waals surface area (Å²) >= 11 is 5.46. The fourth-order valence-corrected chi connectivity index (χ4v) is 1.31. The van der Waals surface area contributed by atoms with Crippen LogP contribution >= 0.6 is 11.6 Å². The quantitative estimate of drug-likeness (QED) is 0.549. The van der Waals surface area contributed by atoms with Gasteiger partial charge in [0.05, 0.1) is 5.56 Å². The highest BCUT2D eigenvalue weighted by Gasteiger charge is 2.18. The van der Waals surface area contributed by atoms with Gasteiger partial charge in [0.2, 0.25) is 0 Å². The number of aldehydes is 1. The predicted octanol–water partition coefficient (Wildman–Crippen LogP) is 2.79. The maximum absolute atomic E-state index is 12.3. The van der Waals surface area contributed by atoms with Crippen molar-refractivity contribution in [2.45, 2.75) is 13.3 Å². The van der Waals surface area contributed by atoms with E-state index in [-0.39, 0.29) is 10.7 Å². The summed E-state index contributed by atoms with van der Waals surface area (Å²) in [5, 5.41) is -0.308. The van der Waals surface area contributed by atoms with E-state index in [9.17, 15) is 13.6 Å². The number of pyridine rings is 1. The first-order valence-corrected chi connectivity index (χ1v) is 3.84. The second kappa shape index (κ2) is 3.79. The first-order valence-electron chi connectivity index (χ1n) is 3.46. The molecule has 0 aromatic carbocycles. The largest absolute Gasteiger partial charge is 0.298 e. The highest BCUT2D eigenvalue weighted by molar-refractivity contribution is 6.30. The van der Waals surface area contributed by atoms with Crippen molar-refractivity contribution in [3.8, 4) is 0 Å². The second-order valence-corrected chi connectivity index (χ2v) is 2.83. The molecule has 0 spiro atoms. The van der Waals surface area contributed by atoms with Crippen molar-refractivity contribution < 1.29 is 13.6 Å². The lowest BCUT2D eigenvalue weighted by molar-refractivity contribution is 0.110. The van der Waals surface area contributed by atoms with E-state index in [0.29, 0.717) is 12.0 Å². The fraction of sp³-hybridized carbons (Fsp3) is 0.250. The van der Waals surface area contributed by atoms with Crippen LogP contribution in [0.3, 0.4) is 0 Å². The zero-order valence-corrected chi connectivity index (χ0v) is 7.48. The molecule has 0 fully saturated rings. The lowest BCUT2D eigenvalue weighted by Crippen LogP contribution is -1.98. The van der Waals surface area contributed by atoms with Gasteiger partial charge in [-0.1, -0.05) is 11.6 Å². The van der Waals surface area contributed by atoms with Crippen molar-refractivity contribution >= 4 is 17.9 Å². The Balaban J connectivity index is 3.38. The number of hydrogen-bond acceptors (Lipinski definition) is 2. The molecule has 0 radical (unpaired) electrons. The van der Waals surface area contributed by atoms with E-state index in [1.807, 2.05) is 0 Å². The van der Waals surface area contributed by atoms with Gasteiger partial charge in [-0.3, -0.25) is 4.79 Å². The number of alkyl halides is 2. The maximum atomic E-state index is 12.3. The van der Waals surface area contributed by atoms with Gasteiger partial charge in [-0.05, 0) is 13.0 Å². The van der Waals surface area contributed by atoms with Crippen LogP contribution in [0.4, 0.5) is 8.78 Å². The zero-order valence-electron chi connectivity index (χ0n) is 6.72. The number of rotatable bonds is 2. The van der Waals surface area contributed by atoms with E-state index >= 15 is 0 Å². The lowest BCUT2D eigenvalue weighted by Gasteiger charge is -2.05. The Morgan fingerprint density at radius 3 is 2.69 bits per heavy atom. The number of aromatic nitrogens is 1. The van der Waals surface area contributed by atoms with Gasteiger partial charge < -0.3 is 0 Å². The Hall–Kier alpha value is -1.03. The van der Waals surface area contributed by atoms with E-state index in [1.54, 1.807) is 6.92 Å². The minimum Gasteiger partial charge on any atom is -0.298 e. The van der Waals surface area contributed by atoms with Crippen molar-refractivity contribution in [1.82, 2.24) is 4.98 Å². The van der Waals surface area contributed by atoms with Gasteiger partial charge in [0, 0.05) is 11.3 Å². The number of halogens is 3. The molecule has 13 heavy (non-hydrogen) atoms. The zero-order chi connectivity index (χ0) is 10.0. The summed E-state index contributed by atoms with van der Waals surface area (Å²) < 4.78 is 24.6. The third-order valence-electron chi connectivity index (χ3n) is 1.52. The minimum absolute atomic E-state index is 0.104. The first-order chi connectivity index (χ1) is 6.06. The molecule has 0 aliphatic rings. The molecular weight excluding hydrogens is 200 g/mol. The molecule has 0 atom stereocenters. The van der Waals surface area contributed by atoms with Gasteiger partial charge >= 0.3 is 0 Å². The van der Waals surface area contributed by atoms with Gasteiger partial charge in [-0.25, -0.2) is 13.8 Å². The molecule has 70 valence electrons. The Bertz CT molecular complexity index is 341. The van der Waals surface area contributed by atoms with Crippen LogP contribution in [-0.2, 0) is 0 Å².